The predicted molar refractivity (Wildman–Crippen MR) is 91.3 cm³/mol. The largest absolute Gasteiger partial charge is 0.356 e. The van der Waals surface area contributed by atoms with Crippen LogP contribution in [0, 0.1) is 5.82 Å². The summed E-state index contributed by atoms with van der Waals surface area (Å²) >= 11 is 0. The van der Waals surface area contributed by atoms with E-state index in [1.807, 2.05) is 25.8 Å². The van der Waals surface area contributed by atoms with Crippen LogP contribution < -0.4 is 5.32 Å². The number of hydrogen-bond acceptors (Lipinski definition) is 4. The molecular weight excluding hydrogens is 309 g/mol. The van der Waals surface area contributed by atoms with Crippen LogP contribution in [0.5, 0.6) is 0 Å². The van der Waals surface area contributed by atoms with E-state index in [1.165, 1.54) is 12.1 Å². The Morgan fingerprint density at radius 2 is 2.04 bits per heavy atom. The van der Waals surface area contributed by atoms with E-state index in [2.05, 4.69) is 20.4 Å². The van der Waals surface area contributed by atoms with Gasteiger partial charge in [0.15, 0.2) is 11.8 Å². The van der Waals surface area contributed by atoms with Gasteiger partial charge in [0.25, 0.3) is 0 Å². The highest BCUT2D eigenvalue weighted by Gasteiger charge is 2.11. The van der Waals surface area contributed by atoms with E-state index in [0.717, 1.165) is 17.3 Å². The van der Waals surface area contributed by atoms with E-state index < -0.39 is 0 Å². The molecule has 0 saturated heterocycles. The predicted octanol–water partition coefficient (Wildman–Crippen LogP) is 2.58. The van der Waals surface area contributed by atoms with Crippen LogP contribution in [0.4, 0.5) is 4.39 Å². The SMILES string of the molecule is CN=C(NCCc1nc(C(C)C)no1)N(C)Cc1ccc(F)cc1. The fraction of sp³-hybridized carbons (Fsp3) is 0.471. The Balaban J connectivity index is 1.83. The Hall–Kier alpha value is -2.44. The first-order valence-corrected chi connectivity index (χ1v) is 7.98. The van der Waals surface area contributed by atoms with Crippen molar-refractivity contribution in [2.24, 2.45) is 4.99 Å². The molecule has 24 heavy (non-hydrogen) atoms. The fourth-order valence-electron chi connectivity index (χ4n) is 2.21. The third-order valence-electron chi connectivity index (χ3n) is 3.53. The number of rotatable bonds is 6. The molecule has 0 saturated carbocycles. The van der Waals surface area contributed by atoms with Crippen LogP contribution in [0.2, 0.25) is 0 Å². The van der Waals surface area contributed by atoms with Crippen LogP contribution in [-0.4, -0.2) is 41.6 Å². The van der Waals surface area contributed by atoms with E-state index in [4.69, 9.17) is 4.52 Å². The summed E-state index contributed by atoms with van der Waals surface area (Å²) in [6.07, 6.45) is 0.628. The molecule has 0 amide bonds. The molecule has 1 aromatic heterocycles. The number of benzene rings is 1. The minimum atomic E-state index is -0.232. The summed E-state index contributed by atoms with van der Waals surface area (Å²) < 4.78 is 18.2. The zero-order valence-corrected chi connectivity index (χ0v) is 14.6. The normalized spacial score (nSPS) is 11.8. The molecule has 0 aliphatic carbocycles. The molecule has 0 fully saturated rings. The van der Waals surface area contributed by atoms with E-state index in [0.29, 0.717) is 25.4 Å². The van der Waals surface area contributed by atoms with Crippen molar-refractivity contribution < 1.29 is 8.91 Å². The number of guanidine groups is 1. The summed E-state index contributed by atoms with van der Waals surface area (Å²) in [6, 6.07) is 6.46. The minimum absolute atomic E-state index is 0.232. The van der Waals surface area contributed by atoms with Gasteiger partial charge in [0.1, 0.15) is 5.82 Å². The van der Waals surface area contributed by atoms with Gasteiger partial charge in [-0.1, -0.05) is 31.1 Å². The molecule has 0 aliphatic rings. The van der Waals surface area contributed by atoms with Gasteiger partial charge >= 0.3 is 0 Å². The molecular formula is C17H24FN5O. The number of aromatic nitrogens is 2. The number of aliphatic imine (C=N–C) groups is 1. The summed E-state index contributed by atoms with van der Waals surface area (Å²) in [6.45, 7) is 5.33. The van der Waals surface area contributed by atoms with Crippen LogP contribution in [0.1, 0.15) is 37.0 Å². The number of hydrogen-bond donors (Lipinski definition) is 1. The van der Waals surface area contributed by atoms with Crippen LogP contribution in [0.25, 0.3) is 0 Å². The second-order valence-corrected chi connectivity index (χ2v) is 5.91. The van der Waals surface area contributed by atoms with Gasteiger partial charge in [-0.2, -0.15) is 4.98 Å². The van der Waals surface area contributed by atoms with E-state index >= 15 is 0 Å². The Bertz CT molecular complexity index is 666. The Kier molecular flexibility index (Phi) is 6.28. The smallest absolute Gasteiger partial charge is 0.228 e. The van der Waals surface area contributed by atoms with Gasteiger partial charge in [-0.05, 0) is 17.7 Å². The summed E-state index contributed by atoms with van der Waals surface area (Å²) in [7, 11) is 3.66. The zero-order valence-electron chi connectivity index (χ0n) is 14.6. The van der Waals surface area contributed by atoms with Crippen molar-refractivity contribution in [3.05, 3.63) is 47.4 Å². The first-order valence-electron chi connectivity index (χ1n) is 7.98. The lowest BCUT2D eigenvalue weighted by molar-refractivity contribution is 0.370. The third-order valence-corrected chi connectivity index (χ3v) is 3.53. The maximum atomic E-state index is 13.0. The molecule has 0 spiro atoms. The summed E-state index contributed by atoms with van der Waals surface area (Å²) in [5.74, 6) is 2.11. The van der Waals surface area contributed by atoms with Crippen LogP contribution >= 0.6 is 0 Å². The standard InChI is InChI=1S/C17H24FN5O/c1-12(2)16-21-15(24-22-16)9-10-20-17(19-3)23(4)11-13-5-7-14(18)8-6-13/h5-8,12H,9-11H2,1-4H3,(H,19,20). The minimum Gasteiger partial charge on any atom is -0.356 e. The Labute approximate surface area is 141 Å². The first-order chi connectivity index (χ1) is 11.5. The van der Waals surface area contributed by atoms with Crippen LogP contribution in [-0.2, 0) is 13.0 Å². The molecule has 0 radical (unpaired) electrons. The van der Waals surface area contributed by atoms with E-state index in [-0.39, 0.29) is 11.7 Å². The molecule has 2 aromatic rings. The van der Waals surface area contributed by atoms with E-state index in [1.54, 1.807) is 19.2 Å². The molecule has 7 heteroatoms. The molecule has 2 rings (SSSR count). The number of halogens is 1. The van der Waals surface area contributed by atoms with Gasteiger partial charge < -0.3 is 14.7 Å². The molecule has 1 aromatic carbocycles. The molecule has 0 unspecified atom stereocenters. The van der Waals surface area contributed by atoms with Crippen molar-refractivity contribution in [3.8, 4) is 0 Å². The number of nitrogens with one attached hydrogen (secondary N) is 1. The average molecular weight is 333 g/mol. The van der Waals surface area contributed by atoms with Crippen molar-refractivity contribution >= 4 is 5.96 Å². The van der Waals surface area contributed by atoms with Crippen molar-refractivity contribution in [3.63, 3.8) is 0 Å². The van der Waals surface area contributed by atoms with Crippen molar-refractivity contribution in [2.45, 2.75) is 32.7 Å². The first kappa shape index (κ1) is 17.9. The molecule has 1 N–H and O–H groups in total. The highest BCUT2D eigenvalue weighted by Crippen LogP contribution is 2.09. The van der Waals surface area contributed by atoms with Crippen LogP contribution in [0.3, 0.4) is 0 Å². The van der Waals surface area contributed by atoms with Crippen molar-refractivity contribution in [2.75, 3.05) is 20.6 Å². The van der Waals surface area contributed by atoms with Gasteiger partial charge in [0.05, 0.1) is 0 Å². The molecule has 6 nitrogen and oxygen atoms in total. The molecule has 1 heterocycles. The quantitative estimate of drug-likeness (QED) is 0.650. The van der Waals surface area contributed by atoms with E-state index in [9.17, 15) is 4.39 Å². The fourth-order valence-corrected chi connectivity index (χ4v) is 2.21. The van der Waals surface area contributed by atoms with Crippen molar-refractivity contribution in [1.29, 1.82) is 0 Å². The summed E-state index contributed by atoms with van der Waals surface area (Å²) in [5, 5.41) is 7.21. The average Bonchev–Trinajstić information content (AvgIpc) is 3.03. The van der Waals surface area contributed by atoms with Crippen LogP contribution in [0.15, 0.2) is 33.8 Å². The van der Waals surface area contributed by atoms with Gasteiger partial charge in [0, 0.05) is 39.5 Å². The highest BCUT2D eigenvalue weighted by molar-refractivity contribution is 5.79. The second kappa shape index (κ2) is 8.42. The molecule has 130 valence electrons. The monoisotopic (exact) mass is 333 g/mol. The molecule has 0 aliphatic heterocycles. The topological polar surface area (TPSA) is 66.5 Å². The van der Waals surface area contributed by atoms with Gasteiger partial charge in [-0.25, -0.2) is 4.39 Å². The maximum absolute atomic E-state index is 13.0. The maximum Gasteiger partial charge on any atom is 0.228 e. The van der Waals surface area contributed by atoms with Gasteiger partial charge in [-0.3, -0.25) is 4.99 Å². The lowest BCUT2D eigenvalue weighted by atomic mass is 10.2. The summed E-state index contributed by atoms with van der Waals surface area (Å²) in [5.41, 5.74) is 1.01. The lowest BCUT2D eigenvalue weighted by Crippen LogP contribution is -2.39. The number of nitrogens with zero attached hydrogens (tertiary/aromatic N) is 4. The second-order valence-electron chi connectivity index (χ2n) is 5.91. The summed E-state index contributed by atoms with van der Waals surface area (Å²) in [4.78, 5) is 10.6. The zero-order chi connectivity index (χ0) is 17.5. The molecule has 0 atom stereocenters. The third kappa shape index (κ3) is 5.04. The van der Waals surface area contributed by atoms with Gasteiger partial charge in [0.2, 0.25) is 5.89 Å². The Morgan fingerprint density at radius 1 is 1.33 bits per heavy atom. The Morgan fingerprint density at radius 3 is 2.62 bits per heavy atom. The molecule has 0 bridgehead atoms. The van der Waals surface area contributed by atoms with Gasteiger partial charge in [-0.15, -0.1) is 0 Å². The van der Waals surface area contributed by atoms with Crippen molar-refractivity contribution in [1.82, 2.24) is 20.4 Å². The lowest BCUT2D eigenvalue weighted by Gasteiger charge is -2.22. The highest BCUT2D eigenvalue weighted by atomic mass is 19.1.